The summed E-state index contributed by atoms with van der Waals surface area (Å²) in [7, 11) is 0. The molecular weight excluding hydrogens is 268 g/mol. The van der Waals surface area contributed by atoms with Gasteiger partial charge in [0.1, 0.15) is 0 Å². The van der Waals surface area contributed by atoms with Gasteiger partial charge in [0.2, 0.25) is 5.91 Å². The molecule has 5 nitrogen and oxygen atoms in total. The number of rotatable bonds is 4. The zero-order valence-corrected chi connectivity index (χ0v) is 12.9. The molecule has 1 N–H and O–H groups in total. The monoisotopic (exact) mass is 296 g/mol. The molecule has 1 spiro atoms. The first-order chi connectivity index (χ1) is 10.2. The number of likely N-dealkylation sites (tertiary alicyclic amines) is 1. The fourth-order valence-electron chi connectivity index (χ4n) is 4.17. The fraction of sp³-hybridized carbons (Fsp3) is 0.938. The van der Waals surface area contributed by atoms with Crippen molar-refractivity contribution >= 4 is 5.91 Å². The minimum atomic E-state index is -0.441. The lowest BCUT2D eigenvalue weighted by Gasteiger charge is -2.33. The summed E-state index contributed by atoms with van der Waals surface area (Å²) in [5.74, 6) is 0.195. The van der Waals surface area contributed by atoms with Crippen LogP contribution in [0.5, 0.6) is 0 Å². The van der Waals surface area contributed by atoms with E-state index in [1.54, 1.807) is 0 Å². The number of carbonyl (C=O) groups is 1. The Labute approximate surface area is 127 Å². The van der Waals surface area contributed by atoms with E-state index in [0.717, 1.165) is 39.3 Å². The minimum Gasteiger partial charge on any atom is -0.390 e. The summed E-state index contributed by atoms with van der Waals surface area (Å²) in [5.41, 5.74) is 0.319. The topological polar surface area (TPSA) is 53.0 Å². The molecule has 2 aliphatic heterocycles. The molecule has 1 saturated carbocycles. The number of β-amino-alcohol motifs (C(OH)–C–C–N with tert-alkyl or cyclic N) is 1. The predicted octanol–water partition coefficient (Wildman–Crippen LogP) is 0.862. The summed E-state index contributed by atoms with van der Waals surface area (Å²) in [5, 5.41) is 10.3. The third-order valence-corrected chi connectivity index (χ3v) is 5.25. The zero-order valence-electron chi connectivity index (χ0n) is 12.9. The van der Waals surface area contributed by atoms with E-state index in [0.29, 0.717) is 24.9 Å². The second-order valence-corrected chi connectivity index (χ2v) is 7.09. The third kappa shape index (κ3) is 3.76. The van der Waals surface area contributed by atoms with Gasteiger partial charge in [0.15, 0.2) is 0 Å². The van der Waals surface area contributed by atoms with Gasteiger partial charge >= 0.3 is 0 Å². The maximum Gasteiger partial charge on any atom is 0.222 e. The second kappa shape index (κ2) is 6.63. The number of ether oxygens (including phenoxy) is 1. The molecule has 2 heterocycles. The molecule has 3 aliphatic rings. The Morgan fingerprint density at radius 2 is 2.00 bits per heavy atom. The molecule has 5 heteroatoms. The summed E-state index contributed by atoms with van der Waals surface area (Å²) >= 11 is 0. The molecule has 0 radical (unpaired) electrons. The predicted molar refractivity (Wildman–Crippen MR) is 80.0 cm³/mol. The van der Waals surface area contributed by atoms with Gasteiger partial charge in [-0.1, -0.05) is 12.8 Å². The van der Waals surface area contributed by atoms with E-state index < -0.39 is 6.10 Å². The smallest absolute Gasteiger partial charge is 0.222 e. The lowest BCUT2D eigenvalue weighted by Crippen LogP contribution is -2.44. The first kappa shape index (κ1) is 15.3. The number of nitrogens with zero attached hydrogens (tertiary/aromatic N) is 2. The minimum absolute atomic E-state index is 0.195. The average molecular weight is 296 g/mol. The second-order valence-electron chi connectivity index (χ2n) is 7.09. The quantitative estimate of drug-likeness (QED) is 0.836. The third-order valence-electron chi connectivity index (χ3n) is 5.25. The van der Waals surface area contributed by atoms with Gasteiger partial charge in [-0.2, -0.15) is 0 Å². The van der Waals surface area contributed by atoms with Gasteiger partial charge in [0, 0.05) is 44.6 Å². The molecule has 1 aliphatic carbocycles. The van der Waals surface area contributed by atoms with E-state index in [1.807, 2.05) is 4.90 Å². The summed E-state index contributed by atoms with van der Waals surface area (Å²) < 4.78 is 5.81. The van der Waals surface area contributed by atoms with Crippen molar-refractivity contribution in [3.05, 3.63) is 0 Å². The van der Waals surface area contributed by atoms with Gasteiger partial charge in [0.25, 0.3) is 0 Å². The number of amides is 1. The maximum absolute atomic E-state index is 11.6. The number of hydrogen-bond acceptors (Lipinski definition) is 4. The van der Waals surface area contributed by atoms with E-state index in [2.05, 4.69) is 4.90 Å². The summed E-state index contributed by atoms with van der Waals surface area (Å²) in [6.45, 7) is 5.53. The van der Waals surface area contributed by atoms with Crippen molar-refractivity contribution < 1.29 is 14.6 Å². The summed E-state index contributed by atoms with van der Waals surface area (Å²) in [4.78, 5) is 15.8. The molecule has 21 heavy (non-hydrogen) atoms. The van der Waals surface area contributed by atoms with Crippen LogP contribution in [-0.2, 0) is 9.53 Å². The number of hydrogen-bond donors (Lipinski definition) is 1. The first-order valence-corrected chi connectivity index (χ1v) is 8.43. The number of aliphatic hydroxyl groups excluding tert-OH is 1. The van der Waals surface area contributed by atoms with E-state index in [4.69, 9.17) is 4.74 Å². The summed E-state index contributed by atoms with van der Waals surface area (Å²) in [6.07, 6.45) is 6.27. The Bertz CT molecular complexity index is 369. The van der Waals surface area contributed by atoms with Crippen molar-refractivity contribution in [2.75, 3.05) is 45.9 Å². The van der Waals surface area contributed by atoms with Crippen LogP contribution in [-0.4, -0.2) is 72.9 Å². The molecule has 3 fully saturated rings. The first-order valence-electron chi connectivity index (χ1n) is 8.43. The van der Waals surface area contributed by atoms with Crippen molar-refractivity contribution in [3.63, 3.8) is 0 Å². The van der Waals surface area contributed by atoms with Gasteiger partial charge in [-0.3, -0.25) is 9.69 Å². The van der Waals surface area contributed by atoms with E-state index in [1.165, 1.54) is 25.7 Å². The van der Waals surface area contributed by atoms with Gasteiger partial charge < -0.3 is 14.7 Å². The van der Waals surface area contributed by atoms with Crippen molar-refractivity contribution in [1.29, 1.82) is 0 Å². The number of aliphatic hydroxyl groups is 1. The Hall–Kier alpha value is -0.650. The SMILES string of the molecule is O=C1CCCN1CC(O)CN1CCOCC2(CCCC2)C1. The molecule has 3 rings (SSSR count). The molecule has 1 unspecified atom stereocenters. The van der Waals surface area contributed by atoms with Crippen LogP contribution >= 0.6 is 0 Å². The van der Waals surface area contributed by atoms with E-state index in [-0.39, 0.29) is 5.91 Å². The van der Waals surface area contributed by atoms with E-state index >= 15 is 0 Å². The summed E-state index contributed by atoms with van der Waals surface area (Å²) in [6, 6.07) is 0. The molecule has 0 aromatic carbocycles. The number of carbonyl (C=O) groups excluding carboxylic acids is 1. The Balaban J connectivity index is 1.51. The van der Waals surface area contributed by atoms with Crippen molar-refractivity contribution in [3.8, 4) is 0 Å². The van der Waals surface area contributed by atoms with Crippen LogP contribution in [0.2, 0.25) is 0 Å². The molecule has 2 saturated heterocycles. The Morgan fingerprint density at radius 1 is 1.19 bits per heavy atom. The highest BCUT2D eigenvalue weighted by atomic mass is 16.5. The van der Waals surface area contributed by atoms with Crippen molar-refractivity contribution in [2.45, 2.75) is 44.6 Å². The molecule has 0 aromatic heterocycles. The largest absolute Gasteiger partial charge is 0.390 e. The van der Waals surface area contributed by atoms with Crippen LogP contribution in [0, 0.1) is 5.41 Å². The Morgan fingerprint density at radius 3 is 2.71 bits per heavy atom. The van der Waals surface area contributed by atoms with Crippen LogP contribution in [0.4, 0.5) is 0 Å². The molecular formula is C16H28N2O3. The Kier molecular flexibility index (Phi) is 4.82. The van der Waals surface area contributed by atoms with Gasteiger partial charge in [-0.05, 0) is 19.3 Å². The normalized spacial score (nSPS) is 28.2. The average Bonchev–Trinajstić information content (AvgIpc) is 2.99. The molecule has 1 amide bonds. The van der Waals surface area contributed by atoms with Crippen molar-refractivity contribution in [1.82, 2.24) is 9.80 Å². The van der Waals surface area contributed by atoms with Gasteiger partial charge in [-0.15, -0.1) is 0 Å². The van der Waals surface area contributed by atoms with Crippen LogP contribution < -0.4 is 0 Å². The fourth-order valence-corrected chi connectivity index (χ4v) is 4.17. The zero-order chi connectivity index (χ0) is 14.7. The van der Waals surface area contributed by atoms with E-state index in [9.17, 15) is 9.90 Å². The van der Waals surface area contributed by atoms with Crippen LogP contribution in [0.1, 0.15) is 38.5 Å². The highest BCUT2D eigenvalue weighted by molar-refractivity contribution is 5.78. The van der Waals surface area contributed by atoms with Gasteiger partial charge in [-0.25, -0.2) is 0 Å². The highest BCUT2D eigenvalue weighted by Gasteiger charge is 2.37. The standard InChI is InChI=1S/C16H28N2O3/c19-14(11-18-7-3-4-15(18)20)10-17-8-9-21-13-16(12-17)5-1-2-6-16/h14,19H,1-13H2. The van der Waals surface area contributed by atoms with Crippen molar-refractivity contribution in [2.24, 2.45) is 5.41 Å². The van der Waals surface area contributed by atoms with Gasteiger partial charge in [0.05, 0.1) is 19.3 Å². The van der Waals surface area contributed by atoms with Crippen LogP contribution in [0.3, 0.4) is 0 Å². The molecule has 0 aromatic rings. The molecule has 120 valence electrons. The van der Waals surface area contributed by atoms with Crippen LogP contribution in [0.15, 0.2) is 0 Å². The molecule has 0 bridgehead atoms. The highest BCUT2D eigenvalue weighted by Crippen LogP contribution is 2.40. The molecule has 1 atom stereocenters. The lowest BCUT2D eigenvalue weighted by atomic mass is 9.86. The lowest BCUT2D eigenvalue weighted by molar-refractivity contribution is -0.129. The maximum atomic E-state index is 11.6. The van der Waals surface area contributed by atoms with Crippen LogP contribution in [0.25, 0.3) is 0 Å².